The second-order valence-corrected chi connectivity index (χ2v) is 17.0. The van der Waals surface area contributed by atoms with Gasteiger partial charge in [0.2, 0.25) is 0 Å². The van der Waals surface area contributed by atoms with Crippen LogP contribution in [-0.2, 0) is 0 Å². The van der Waals surface area contributed by atoms with Crippen LogP contribution in [0, 0.1) is 0 Å². The van der Waals surface area contributed by atoms with E-state index in [1.165, 1.54) is 0 Å². The van der Waals surface area contributed by atoms with E-state index in [-0.39, 0.29) is 0 Å². The first kappa shape index (κ1) is 15.4. The van der Waals surface area contributed by atoms with Crippen molar-refractivity contribution in [3.05, 3.63) is 30.3 Å². The molecule has 0 saturated heterocycles. The third-order valence-electron chi connectivity index (χ3n) is 1.10. The maximum atomic E-state index is 5.73. The zero-order chi connectivity index (χ0) is 11.2. The van der Waals surface area contributed by atoms with Crippen molar-refractivity contribution in [2.45, 2.75) is 0 Å². The Hall–Kier alpha value is 1.39. The molecule has 0 atom stereocenters. The standard InChI is InChI=1S/C6H5Cl3Si.Cl3HSi/c7-10(8,9)6-4-2-1-3-5-6;1-4(2)3/h1-5H;4H. The first-order valence-corrected chi connectivity index (χ1v) is 13.7. The third-order valence-corrected chi connectivity index (χ3v) is 4.05. The molecule has 0 aliphatic rings. The minimum atomic E-state index is -2.62. The van der Waals surface area contributed by atoms with Crippen molar-refractivity contribution in [1.29, 1.82) is 0 Å². The molecular weight excluding hydrogens is 341 g/mol. The van der Waals surface area contributed by atoms with Crippen LogP contribution in [0.5, 0.6) is 0 Å². The fourth-order valence-electron chi connectivity index (χ4n) is 0.627. The minimum Gasteiger partial charge on any atom is -0.130 e. The quantitative estimate of drug-likeness (QED) is 0.533. The molecule has 0 N–H and O–H groups in total. The number of rotatable bonds is 1. The van der Waals surface area contributed by atoms with Crippen LogP contribution in [0.4, 0.5) is 0 Å². The van der Waals surface area contributed by atoms with Crippen molar-refractivity contribution >= 4 is 84.4 Å². The van der Waals surface area contributed by atoms with Gasteiger partial charge < -0.3 is 0 Å². The van der Waals surface area contributed by atoms with E-state index in [1.807, 2.05) is 30.3 Å². The summed E-state index contributed by atoms with van der Waals surface area (Å²) in [6.07, 6.45) is 0. The molecule has 0 aliphatic heterocycles. The molecule has 1 aromatic rings. The lowest BCUT2D eigenvalue weighted by Gasteiger charge is -2.05. The number of halogens is 6. The van der Waals surface area contributed by atoms with E-state index < -0.39 is 12.7 Å². The molecule has 0 radical (unpaired) electrons. The van der Waals surface area contributed by atoms with E-state index in [1.54, 1.807) is 0 Å². The molecule has 0 unspecified atom stereocenters. The molecule has 14 heavy (non-hydrogen) atoms. The fourth-order valence-corrected chi connectivity index (χ4v) is 2.33. The maximum absolute atomic E-state index is 5.73. The maximum Gasteiger partial charge on any atom is 0.372 e. The second kappa shape index (κ2) is 7.63. The Labute approximate surface area is 114 Å². The van der Waals surface area contributed by atoms with Gasteiger partial charge in [0.15, 0.2) is 0 Å². The monoisotopic (exact) mass is 344 g/mol. The van der Waals surface area contributed by atoms with E-state index in [2.05, 4.69) is 0 Å². The van der Waals surface area contributed by atoms with Crippen LogP contribution in [-0.4, -0.2) is 12.7 Å². The van der Waals surface area contributed by atoms with Gasteiger partial charge in [0.05, 0.1) is 0 Å². The largest absolute Gasteiger partial charge is 0.372 e. The highest BCUT2D eigenvalue weighted by atomic mass is 35.8. The van der Waals surface area contributed by atoms with Gasteiger partial charge in [-0.1, -0.05) is 30.3 Å². The van der Waals surface area contributed by atoms with E-state index in [9.17, 15) is 0 Å². The molecular formula is C6H6Cl6Si2. The van der Waals surface area contributed by atoms with Gasteiger partial charge in [0, 0.05) is 0 Å². The molecule has 0 nitrogen and oxygen atoms in total. The zero-order valence-electron chi connectivity index (χ0n) is 6.73. The third kappa shape index (κ3) is 8.68. The Balaban J connectivity index is 0.000000364. The van der Waals surface area contributed by atoms with Crippen molar-refractivity contribution in [2.24, 2.45) is 0 Å². The second-order valence-electron chi connectivity index (χ2n) is 2.11. The van der Waals surface area contributed by atoms with Crippen LogP contribution in [0.2, 0.25) is 0 Å². The Kier molecular flexibility index (Phi) is 8.39. The molecule has 0 aliphatic carbocycles. The van der Waals surface area contributed by atoms with Gasteiger partial charge >= 0.3 is 12.7 Å². The Morgan fingerprint density at radius 2 is 1.21 bits per heavy atom. The predicted octanol–water partition coefficient (Wildman–Crippen LogP) is 3.97. The highest BCUT2D eigenvalue weighted by Gasteiger charge is 2.26. The first-order chi connectivity index (χ1) is 6.34. The van der Waals surface area contributed by atoms with Crippen molar-refractivity contribution in [2.75, 3.05) is 0 Å². The molecule has 0 saturated carbocycles. The summed E-state index contributed by atoms with van der Waals surface area (Å²) >= 11 is 32.0. The van der Waals surface area contributed by atoms with Gasteiger partial charge in [-0.15, -0.1) is 66.5 Å². The lowest BCUT2D eigenvalue weighted by Crippen LogP contribution is -2.29. The first-order valence-electron chi connectivity index (χ1n) is 3.38. The van der Waals surface area contributed by atoms with Gasteiger partial charge in [-0.05, 0) is 5.19 Å². The van der Waals surface area contributed by atoms with E-state index in [4.69, 9.17) is 66.5 Å². The molecule has 0 bridgehead atoms. The summed E-state index contributed by atoms with van der Waals surface area (Å²) in [4.78, 5) is 0. The van der Waals surface area contributed by atoms with Gasteiger partial charge in [-0.3, -0.25) is 0 Å². The normalized spacial score (nSPS) is 10.8. The average Bonchev–Trinajstić information content (AvgIpc) is 2.03. The van der Waals surface area contributed by atoms with E-state index in [0.717, 1.165) is 5.19 Å². The van der Waals surface area contributed by atoms with E-state index >= 15 is 0 Å². The fraction of sp³-hybridized carbons (Fsp3) is 0. The Morgan fingerprint density at radius 1 is 0.857 bits per heavy atom. The van der Waals surface area contributed by atoms with Crippen LogP contribution in [0.1, 0.15) is 0 Å². The molecule has 80 valence electrons. The summed E-state index contributed by atoms with van der Waals surface area (Å²) in [5.74, 6) is 0. The Bertz CT molecular complexity index is 243. The smallest absolute Gasteiger partial charge is 0.130 e. The Morgan fingerprint density at radius 3 is 1.43 bits per heavy atom. The number of hydrogen-bond donors (Lipinski definition) is 0. The average molecular weight is 347 g/mol. The van der Waals surface area contributed by atoms with Crippen LogP contribution in [0.3, 0.4) is 0 Å². The number of hydrogen-bond acceptors (Lipinski definition) is 0. The molecule has 8 heteroatoms. The van der Waals surface area contributed by atoms with Crippen molar-refractivity contribution < 1.29 is 0 Å². The summed E-state index contributed by atoms with van der Waals surface area (Å²) in [7, 11) is 0. The molecule has 1 aromatic carbocycles. The highest BCUT2D eigenvalue weighted by Crippen LogP contribution is 2.18. The molecule has 0 spiro atoms. The molecule has 0 heterocycles. The van der Waals surface area contributed by atoms with Crippen LogP contribution in [0.15, 0.2) is 30.3 Å². The van der Waals surface area contributed by atoms with Crippen molar-refractivity contribution in [1.82, 2.24) is 0 Å². The lowest BCUT2D eigenvalue weighted by molar-refractivity contribution is 1.77. The summed E-state index contributed by atoms with van der Waals surface area (Å²) in [5.41, 5.74) is 0. The van der Waals surface area contributed by atoms with Gasteiger partial charge in [-0.2, -0.15) is 0 Å². The van der Waals surface area contributed by atoms with Gasteiger partial charge in [-0.25, -0.2) is 0 Å². The van der Waals surface area contributed by atoms with Crippen molar-refractivity contribution in [3.8, 4) is 0 Å². The van der Waals surface area contributed by atoms with Gasteiger partial charge in [0.25, 0.3) is 0 Å². The zero-order valence-corrected chi connectivity index (χ0v) is 13.4. The summed E-state index contributed by atoms with van der Waals surface area (Å²) in [6.45, 7) is -1.72. The summed E-state index contributed by atoms with van der Waals surface area (Å²) in [5, 5.41) is 0.833. The topological polar surface area (TPSA) is 0 Å². The molecule has 0 fully saturated rings. The number of benzene rings is 1. The summed E-state index contributed by atoms with van der Waals surface area (Å²) < 4.78 is 0. The predicted molar refractivity (Wildman–Crippen MR) is 74.1 cm³/mol. The van der Waals surface area contributed by atoms with Crippen LogP contribution < -0.4 is 5.19 Å². The molecule has 0 amide bonds. The van der Waals surface area contributed by atoms with Crippen LogP contribution >= 0.6 is 66.5 Å². The van der Waals surface area contributed by atoms with Crippen LogP contribution in [0.25, 0.3) is 0 Å². The highest BCUT2D eigenvalue weighted by molar-refractivity contribution is 7.69. The van der Waals surface area contributed by atoms with E-state index in [0.29, 0.717) is 0 Å². The summed E-state index contributed by atoms with van der Waals surface area (Å²) in [6, 6.07) is 6.68. The SMILES string of the molecule is Cl[SiH](Cl)Cl.Cl[Si](Cl)(Cl)c1ccccc1. The lowest BCUT2D eigenvalue weighted by atomic mass is 10.4. The molecule has 0 aromatic heterocycles. The molecule has 1 rings (SSSR count). The van der Waals surface area contributed by atoms with Crippen molar-refractivity contribution in [3.63, 3.8) is 0 Å². The van der Waals surface area contributed by atoms with Gasteiger partial charge in [0.1, 0.15) is 0 Å². The minimum absolute atomic E-state index is 0.833.